The lowest BCUT2D eigenvalue weighted by molar-refractivity contribution is -0.117. The number of aliphatic hydroxyl groups is 1. The summed E-state index contributed by atoms with van der Waals surface area (Å²) in [6.45, 7) is 2.58. The first kappa shape index (κ1) is 11.5. The van der Waals surface area contributed by atoms with Gasteiger partial charge in [-0.25, -0.2) is 4.98 Å². The van der Waals surface area contributed by atoms with Crippen molar-refractivity contribution in [2.45, 2.75) is 13.3 Å². The Bertz CT molecular complexity index is 422. The standard InChI is InChI=1S/C11H13BrN2O2/c1-7-2-9(4-13-11(7)12)14-5-8(6-15)3-10(14)16/h2,4,8,15H,3,5-6H2,1H3. The molecule has 4 nitrogen and oxygen atoms in total. The number of nitrogens with zero attached hydrogens (tertiary/aromatic N) is 2. The van der Waals surface area contributed by atoms with E-state index in [0.717, 1.165) is 15.9 Å². The summed E-state index contributed by atoms with van der Waals surface area (Å²) in [4.78, 5) is 17.6. The summed E-state index contributed by atoms with van der Waals surface area (Å²) >= 11 is 3.32. The lowest BCUT2D eigenvalue weighted by Crippen LogP contribution is -2.25. The largest absolute Gasteiger partial charge is 0.396 e. The van der Waals surface area contributed by atoms with Crippen LogP contribution in [0.15, 0.2) is 16.9 Å². The first-order valence-corrected chi connectivity index (χ1v) is 5.94. The van der Waals surface area contributed by atoms with Crippen LogP contribution in [0.5, 0.6) is 0 Å². The normalized spacial score (nSPS) is 20.6. The SMILES string of the molecule is Cc1cc(N2CC(CO)CC2=O)cnc1Br. The average Bonchev–Trinajstić information content (AvgIpc) is 2.64. The van der Waals surface area contributed by atoms with Gasteiger partial charge in [0.1, 0.15) is 4.60 Å². The number of halogens is 1. The number of carbonyl (C=O) groups excluding carboxylic acids is 1. The van der Waals surface area contributed by atoms with E-state index in [-0.39, 0.29) is 18.4 Å². The highest BCUT2D eigenvalue weighted by atomic mass is 79.9. The van der Waals surface area contributed by atoms with E-state index in [1.54, 1.807) is 11.1 Å². The fourth-order valence-electron chi connectivity index (χ4n) is 1.84. The molecule has 0 radical (unpaired) electrons. The highest BCUT2D eigenvalue weighted by Crippen LogP contribution is 2.26. The maximum absolute atomic E-state index is 11.7. The molecule has 1 aromatic rings. The lowest BCUT2D eigenvalue weighted by Gasteiger charge is -2.16. The van der Waals surface area contributed by atoms with Gasteiger partial charge in [-0.1, -0.05) is 0 Å². The van der Waals surface area contributed by atoms with Crippen LogP contribution in [-0.2, 0) is 4.79 Å². The molecule has 2 heterocycles. The van der Waals surface area contributed by atoms with E-state index in [1.165, 1.54) is 0 Å². The summed E-state index contributed by atoms with van der Waals surface area (Å²) in [5.41, 5.74) is 1.80. The summed E-state index contributed by atoms with van der Waals surface area (Å²) < 4.78 is 0.793. The van der Waals surface area contributed by atoms with Crippen LogP contribution in [-0.4, -0.2) is 29.1 Å². The molecule has 1 atom stereocenters. The number of aliphatic hydroxyl groups excluding tert-OH is 1. The van der Waals surface area contributed by atoms with E-state index in [0.29, 0.717) is 13.0 Å². The number of anilines is 1. The van der Waals surface area contributed by atoms with Crippen LogP contribution in [0.4, 0.5) is 5.69 Å². The van der Waals surface area contributed by atoms with E-state index < -0.39 is 0 Å². The molecule has 1 N–H and O–H groups in total. The van der Waals surface area contributed by atoms with Crippen molar-refractivity contribution in [2.24, 2.45) is 5.92 Å². The number of hydrogen-bond donors (Lipinski definition) is 1. The van der Waals surface area contributed by atoms with Crippen LogP contribution in [0.3, 0.4) is 0 Å². The maximum Gasteiger partial charge on any atom is 0.227 e. The van der Waals surface area contributed by atoms with Crippen molar-refractivity contribution in [2.75, 3.05) is 18.1 Å². The number of pyridine rings is 1. The first-order valence-electron chi connectivity index (χ1n) is 5.15. The van der Waals surface area contributed by atoms with Crippen LogP contribution in [0.25, 0.3) is 0 Å². The van der Waals surface area contributed by atoms with Crippen molar-refractivity contribution in [3.05, 3.63) is 22.4 Å². The Labute approximate surface area is 102 Å². The fourth-order valence-corrected chi connectivity index (χ4v) is 2.06. The van der Waals surface area contributed by atoms with E-state index in [9.17, 15) is 4.79 Å². The van der Waals surface area contributed by atoms with Gasteiger partial charge in [0, 0.05) is 25.5 Å². The Hall–Kier alpha value is -0.940. The second-order valence-corrected chi connectivity index (χ2v) is 4.81. The molecule has 1 saturated heterocycles. The molecule has 1 unspecified atom stereocenters. The molecule has 1 amide bonds. The summed E-state index contributed by atoms with van der Waals surface area (Å²) in [5.74, 6) is 0.110. The van der Waals surface area contributed by atoms with Crippen molar-refractivity contribution in [3.8, 4) is 0 Å². The van der Waals surface area contributed by atoms with Crippen LogP contribution in [0.1, 0.15) is 12.0 Å². The van der Waals surface area contributed by atoms with Crippen molar-refractivity contribution in [1.82, 2.24) is 4.98 Å². The quantitative estimate of drug-likeness (QED) is 0.838. The Morgan fingerprint density at radius 1 is 1.69 bits per heavy atom. The molecular formula is C11H13BrN2O2. The lowest BCUT2D eigenvalue weighted by atomic mass is 10.1. The minimum Gasteiger partial charge on any atom is -0.396 e. The molecule has 0 aromatic carbocycles. The predicted molar refractivity (Wildman–Crippen MR) is 64.2 cm³/mol. The second-order valence-electron chi connectivity index (χ2n) is 4.06. The van der Waals surface area contributed by atoms with E-state index in [1.807, 2.05) is 13.0 Å². The van der Waals surface area contributed by atoms with Gasteiger partial charge in [-0.05, 0) is 34.5 Å². The van der Waals surface area contributed by atoms with Crippen LogP contribution >= 0.6 is 15.9 Å². The van der Waals surface area contributed by atoms with Gasteiger partial charge in [0.2, 0.25) is 5.91 Å². The third kappa shape index (κ3) is 2.10. The number of amides is 1. The minimum atomic E-state index is 0.0523. The molecule has 86 valence electrons. The highest BCUT2D eigenvalue weighted by molar-refractivity contribution is 9.10. The number of aryl methyl sites for hydroxylation is 1. The van der Waals surface area contributed by atoms with Gasteiger partial charge in [-0.15, -0.1) is 0 Å². The molecule has 1 aliphatic rings. The highest BCUT2D eigenvalue weighted by Gasteiger charge is 2.30. The van der Waals surface area contributed by atoms with Gasteiger partial charge in [-0.2, -0.15) is 0 Å². The Morgan fingerprint density at radius 2 is 2.44 bits per heavy atom. The molecule has 0 saturated carbocycles. The van der Waals surface area contributed by atoms with Gasteiger partial charge in [-0.3, -0.25) is 4.79 Å². The summed E-state index contributed by atoms with van der Waals surface area (Å²) in [6, 6.07) is 1.93. The van der Waals surface area contributed by atoms with Crippen molar-refractivity contribution in [1.29, 1.82) is 0 Å². The molecule has 0 spiro atoms. The third-order valence-electron chi connectivity index (χ3n) is 2.77. The van der Waals surface area contributed by atoms with Crippen molar-refractivity contribution < 1.29 is 9.90 Å². The van der Waals surface area contributed by atoms with E-state index in [4.69, 9.17) is 5.11 Å². The minimum absolute atomic E-state index is 0.0523. The molecular weight excluding hydrogens is 272 g/mol. The van der Waals surface area contributed by atoms with Crippen molar-refractivity contribution in [3.63, 3.8) is 0 Å². The zero-order valence-electron chi connectivity index (χ0n) is 8.98. The van der Waals surface area contributed by atoms with Gasteiger partial charge in [0.25, 0.3) is 0 Å². The van der Waals surface area contributed by atoms with E-state index in [2.05, 4.69) is 20.9 Å². The number of hydrogen-bond acceptors (Lipinski definition) is 3. The molecule has 0 aliphatic carbocycles. The van der Waals surface area contributed by atoms with Crippen LogP contribution < -0.4 is 4.90 Å². The molecule has 5 heteroatoms. The summed E-state index contributed by atoms with van der Waals surface area (Å²) in [6.07, 6.45) is 2.10. The predicted octanol–water partition coefficient (Wildman–Crippen LogP) is 1.50. The third-order valence-corrected chi connectivity index (χ3v) is 3.61. The maximum atomic E-state index is 11.7. The zero-order chi connectivity index (χ0) is 11.7. The number of aromatic nitrogens is 1. The zero-order valence-corrected chi connectivity index (χ0v) is 10.6. The van der Waals surface area contributed by atoms with E-state index >= 15 is 0 Å². The summed E-state index contributed by atoms with van der Waals surface area (Å²) in [5, 5.41) is 9.05. The smallest absolute Gasteiger partial charge is 0.227 e. The molecule has 16 heavy (non-hydrogen) atoms. The van der Waals surface area contributed by atoms with Crippen LogP contribution in [0.2, 0.25) is 0 Å². The molecule has 1 fully saturated rings. The van der Waals surface area contributed by atoms with Gasteiger partial charge >= 0.3 is 0 Å². The van der Waals surface area contributed by atoms with Crippen molar-refractivity contribution >= 4 is 27.5 Å². The van der Waals surface area contributed by atoms with Crippen LogP contribution in [0, 0.1) is 12.8 Å². The van der Waals surface area contributed by atoms with Gasteiger partial charge in [0.15, 0.2) is 0 Å². The number of carbonyl (C=O) groups is 1. The fraction of sp³-hybridized carbons (Fsp3) is 0.455. The molecule has 1 aliphatic heterocycles. The topological polar surface area (TPSA) is 53.4 Å². The summed E-state index contributed by atoms with van der Waals surface area (Å²) in [7, 11) is 0. The molecule has 2 rings (SSSR count). The Morgan fingerprint density at radius 3 is 3.00 bits per heavy atom. The average molecular weight is 285 g/mol. The Balaban J connectivity index is 2.24. The van der Waals surface area contributed by atoms with Gasteiger partial charge in [0.05, 0.1) is 11.9 Å². The molecule has 1 aromatic heterocycles. The van der Waals surface area contributed by atoms with Gasteiger partial charge < -0.3 is 10.0 Å². The monoisotopic (exact) mass is 284 g/mol. The Kier molecular flexibility index (Phi) is 3.25. The molecule has 0 bridgehead atoms. The number of rotatable bonds is 2. The second kappa shape index (κ2) is 4.51. The first-order chi connectivity index (χ1) is 7.61.